The molecule has 0 radical (unpaired) electrons. The quantitative estimate of drug-likeness (QED) is 0.495. The number of hydrogen-bond acceptors (Lipinski definition) is 7. The molecule has 7 nitrogen and oxygen atoms in total. The third kappa shape index (κ3) is 2.87. The lowest BCUT2D eigenvalue weighted by atomic mass is 9.87. The molecule has 1 aromatic carbocycles. The van der Waals surface area contributed by atoms with E-state index in [9.17, 15) is 4.79 Å². The maximum Gasteiger partial charge on any atom is 0.185 e. The van der Waals surface area contributed by atoms with Crippen LogP contribution in [0.3, 0.4) is 0 Å². The van der Waals surface area contributed by atoms with Crippen molar-refractivity contribution in [2.24, 2.45) is 0 Å². The van der Waals surface area contributed by atoms with Gasteiger partial charge in [0, 0.05) is 23.6 Å². The number of methoxy groups -OCH3 is 2. The minimum absolute atomic E-state index is 0.0184. The molecule has 1 aliphatic carbocycles. The van der Waals surface area contributed by atoms with Crippen LogP contribution in [0.2, 0.25) is 0 Å². The highest BCUT2D eigenvalue weighted by Gasteiger charge is 2.32. The van der Waals surface area contributed by atoms with Gasteiger partial charge in [-0.3, -0.25) is 4.79 Å². The number of aryl methyl sites for hydroxylation is 1. The van der Waals surface area contributed by atoms with Crippen molar-refractivity contribution in [3.63, 3.8) is 0 Å². The molecule has 0 fully saturated rings. The first-order chi connectivity index (χ1) is 14.6. The molecule has 0 saturated heterocycles. The van der Waals surface area contributed by atoms with E-state index in [1.807, 2.05) is 36.6 Å². The molecule has 30 heavy (non-hydrogen) atoms. The highest BCUT2D eigenvalue weighted by Crippen LogP contribution is 2.38. The average molecular weight is 420 g/mol. The fourth-order valence-electron chi connectivity index (χ4n) is 4.13. The third-order valence-corrected chi connectivity index (χ3v) is 6.60. The van der Waals surface area contributed by atoms with Gasteiger partial charge < -0.3 is 9.47 Å². The molecular weight excluding hydrogens is 400 g/mol. The van der Waals surface area contributed by atoms with Crippen molar-refractivity contribution in [3.05, 3.63) is 57.7 Å². The molecular formula is C22H20N4O3S. The Hall–Kier alpha value is -3.26. The normalized spacial score (nSPS) is 16.0. The predicted molar refractivity (Wildman–Crippen MR) is 114 cm³/mol. The summed E-state index contributed by atoms with van der Waals surface area (Å²) in [6.45, 7) is 1.94. The van der Waals surface area contributed by atoms with E-state index in [-0.39, 0.29) is 11.7 Å². The number of benzene rings is 1. The first-order valence-electron chi connectivity index (χ1n) is 9.64. The Morgan fingerprint density at radius 1 is 1.10 bits per heavy atom. The molecule has 8 heteroatoms. The van der Waals surface area contributed by atoms with Crippen molar-refractivity contribution in [2.45, 2.75) is 25.7 Å². The van der Waals surface area contributed by atoms with Gasteiger partial charge in [0.1, 0.15) is 0 Å². The van der Waals surface area contributed by atoms with Gasteiger partial charge >= 0.3 is 0 Å². The Bertz CT molecular complexity index is 1260. The Balaban J connectivity index is 1.66. The van der Waals surface area contributed by atoms with E-state index in [0.717, 1.165) is 22.5 Å². The van der Waals surface area contributed by atoms with Crippen molar-refractivity contribution >= 4 is 22.8 Å². The molecule has 1 atom stereocenters. The summed E-state index contributed by atoms with van der Waals surface area (Å²) in [5.41, 5.74) is 4.48. The Kier molecular flexibility index (Phi) is 4.51. The molecule has 0 bridgehead atoms. The monoisotopic (exact) mass is 420 g/mol. The van der Waals surface area contributed by atoms with Crippen LogP contribution >= 0.6 is 11.3 Å². The first kappa shape index (κ1) is 18.7. The molecule has 0 N–H and O–H groups in total. The van der Waals surface area contributed by atoms with Gasteiger partial charge in [0.2, 0.25) is 0 Å². The molecule has 0 amide bonds. The topological polar surface area (TPSA) is 78.6 Å². The van der Waals surface area contributed by atoms with Crippen LogP contribution in [0.5, 0.6) is 11.5 Å². The van der Waals surface area contributed by atoms with Gasteiger partial charge in [0.25, 0.3) is 0 Å². The van der Waals surface area contributed by atoms with Crippen LogP contribution in [0.1, 0.15) is 39.1 Å². The van der Waals surface area contributed by atoms with Gasteiger partial charge in [0.15, 0.2) is 28.6 Å². The summed E-state index contributed by atoms with van der Waals surface area (Å²) < 4.78 is 12.6. The van der Waals surface area contributed by atoms with Crippen molar-refractivity contribution in [1.29, 1.82) is 0 Å². The van der Waals surface area contributed by atoms with Crippen LogP contribution in [0.25, 0.3) is 16.8 Å². The molecule has 3 aromatic heterocycles. The largest absolute Gasteiger partial charge is 0.493 e. The summed E-state index contributed by atoms with van der Waals surface area (Å²) in [7, 11) is 3.22. The molecule has 4 aromatic rings. The van der Waals surface area contributed by atoms with Gasteiger partial charge in [-0.25, -0.2) is 4.52 Å². The summed E-state index contributed by atoms with van der Waals surface area (Å²) in [6.07, 6.45) is 1.16. The Morgan fingerprint density at radius 2 is 1.93 bits per heavy atom. The van der Waals surface area contributed by atoms with E-state index in [0.29, 0.717) is 35.7 Å². The third-order valence-electron chi connectivity index (χ3n) is 5.56. The summed E-state index contributed by atoms with van der Waals surface area (Å²) in [6, 6.07) is 9.82. The van der Waals surface area contributed by atoms with Crippen LogP contribution in [0, 0.1) is 6.92 Å². The summed E-state index contributed by atoms with van der Waals surface area (Å²) in [5.74, 6) is 1.45. The van der Waals surface area contributed by atoms with Crippen LogP contribution in [0.4, 0.5) is 0 Å². The summed E-state index contributed by atoms with van der Waals surface area (Å²) in [4.78, 5) is 14.0. The number of ketones is 1. The van der Waals surface area contributed by atoms with E-state index in [4.69, 9.17) is 14.6 Å². The van der Waals surface area contributed by atoms with Crippen LogP contribution in [-0.2, 0) is 6.42 Å². The number of carbonyl (C=O) groups excluding carboxylic acids is 1. The highest BCUT2D eigenvalue weighted by molar-refractivity contribution is 7.10. The number of thiophene rings is 1. The molecule has 0 saturated carbocycles. The fraction of sp³-hybridized carbons (Fsp3) is 0.273. The molecule has 152 valence electrons. The second-order valence-corrected chi connectivity index (χ2v) is 8.28. The number of carbonyl (C=O) groups is 1. The van der Waals surface area contributed by atoms with E-state index < -0.39 is 0 Å². The standard InChI is InChI=1S/C22H20N4O3S/c1-12-20(13-6-7-17(28-2)18(11-13)29-3)22-24-23-21-15(26(22)25-12)9-14(10-16(21)27)19-5-4-8-30-19/h4-8,11,14H,9-10H2,1-3H3/t14-/m0/s1. The van der Waals surface area contributed by atoms with Crippen molar-refractivity contribution in [2.75, 3.05) is 14.2 Å². The molecule has 3 heterocycles. The highest BCUT2D eigenvalue weighted by atomic mass is 32.1. The summed E-state index contributed by atoms with van der Waals surface area (Å²) in [5, 5.41) is 15.5. The van der Waals surface area contributed by atoms with E-state index >= 15 is 0 Å². The Morgan fingerprint density at radius 3 is 2.67 bits per heavy atom. The number of aromatic nitrogens is 4. The number of nitrogens with zero attached hydrogens (tertiary/aromatic N) is 4. The van der Waals surface area contributed by atoms with E-state index in [2.05, 4.69) is 16.3 Å². The van der Waals surface area contributed by atoms with Crippen molar-refractivity contribution < 1.29 is 14.3 Å². The zero-order valence-corrected chi connectivity index (χ0v) is 17.7. The maximum atomic E-state index is 12.8. The summed E-state index contributed by atoms with van der Waals surface area (Å²) >= 11 is 1.68. The molecule has 0 aliphatic heterocycles. The molecule has 5 rings (SSSR count). The number of fused-ring (bicyclic) bond motifs is 3. The number of rotatable bonds is 4. The average Bonchev–Trinajstić information content (AvgIpc) is 3.40. The van der Waals surface area contributed by atoms with Crippen LogP contribution < -0.4 is 9.47 Å². The van der Waals surface area contributed by atoms with Crippen LogP contribution in [-0.4, -0.2) is 39.8 Å². The smallest absolute Gasteiger partial charge is 0.185 e. The lowest BCUT2D eigenvalue weighted by Gasteiger charge is -2.21. The minimum atomic E-state index is 0.0184. The number of ether oxygens (including phenoxy) is 2. The molecule has 0 spiro atoms. The van der Waals surface area contributed by atoms with Crippen LogP contribution in [0.15, 0.2) is 35.7 Å². The maximum absolute atomic E-state index is 12.8. The van der Waals surface area contributed by atoms with Crippen molar-refractivity contribution in [1.82, 2.24) is 19.8 Å². The van der Waals surface area contributed by atoms with Gasteiger partial charge in [-0.1, -0.05) is 12.1 Å². The zero-order valence-electron chi connectivity index (χ0n) is 16.9. The lowest BCUT2D eigenvalue weighted by Crippen LogP contribution is -2.23. The first-order valence-corrected chi connectivity index (χ1v) is 10.5. The predicted octanol–water partition coefficient (Wildman–Crippen LogP) is 4.09. The minimum Gasteiger partial charge on any atom is -0.493 e. The molecule has 1 aliphatic rings. The number of hydrogen-bond donors (Lipinski definition) is 0. The lowest BCUT2D eigenvalue weighted by molar-refractivity contribution is 0.0956. The second-order valence-electron chi connectivity index (χ2n) is 7.30. The Labute approximate surface area is 177 Å². The SMILES string of the molecule is COc1ccc(-c2c(C)nn3c4c(nnc23)C(=O)C[C@@H](c2cccs2)C4)cc1OC. The fourth-order valence-corrected chi connectivity index (χ4v) is 4.96. The van der Waals surface area contributed by atoms with Gasteiger partial charge in [-0.15, -0.1) is 21.5 Å². The van der Waals surface area contributed by atoms with E-state index in [1.165, 1.54) is 4.88 Å². The second kappa shape index (κ2) is 7.21. The van der Waals surface area contributed by atoms with Crippen molar-refractivity contribution in [3.8, 4) is 22.6 Å². The van der Waals surface area contributed by atoms with Gasteiger partial charge in [0.05, 0.1) is 31.2 Å². The van der Waals surface area contributed by atoms with Gasteiger partial charge in [-0.2, -0.15) is 5.10 Å². The van der Waals surface area contributed by atoms with E-state index in [1.54, 1.807) is 30.1 Å². The number of Topliss-reactive ketones (excluding diaryl/α,β-unsaturated/α-hetero) is 1. The van der Waals surface area contributed by atoms with Gasteiger partial charge in [-0.05, 0) is 36.1 Å². The zero-order chi connectivity index (χ0) is 20.8. The molecule has 0 unspecified atom stereocenters.